The molecule has 0 amide bonds. The molecule has 1 aliphatic rings. The first-order chi connectivity index (χ1) is 22.2. The summed E-state index contributed by atoms with van der Waals surface area (Å²) in [7, 11) is 0. The van der Waals surface area contributed by atoms with Crippen LogP contribution in [0.15, 0.2) is 152 Å². The number of nitriles is 1. The molecular weight excluding hydrogens is 546 g/mol. The highest BCUT2D eigenvalue weighted by molar-refractivity contribution is 6.16. The Morgan fingerprint density at radius 1 is 0.422 bits per heavy atom. The number of benzene rings is 8. The summed E-state index contributed by atoms with van der Waals surface area (Å²) >= 11 is 0. The van der Waals surface area contributed by atoms with E-state index in [1.165, 1.54) is 37.9 Å². The minimum absolute atomic E-state index is 0.666. The van der Waals surface area contributed by atoms with Gasteiger partial charge in [-0.25, -0.2) is 0 Å². The molecule has 0 bridgehead atoms. The minimum Gasteiger partial charge on any atom is -0.455 e. The van der Waals surface area contributed by atoms with Crippen LogP contribution < -0.4 is 4.74 Å². The second-order valence-electron chi connectivity index (χ2n) is 11.7. The number of nitrogens with zero attached hydrogens (tertiary/aromatic N) is 1. The van der Waals surface area contributed by atoms with Gasteiger partial charge < -0.3 is 4.74 Å². The Morgan fingerprint density at radius 3 is 1.89 bits per heavy atom. The van der Waals surface area contributed by atoms with Crippen LogP contribution in [0.1, 0.15) is 5.56 Å². The topological polar surface area (TPSA) is 33.0 Å². The van der Waals surface area contributed by atoms with Crippen LogP contribution in [0, 0.1) is 11.3 Å². The maximum Gasteiger partial charge on any atom is 0.143 e. The van der Waals surface area contributed by atoms with Crippen molar-refractivity contribution in [2.75, 3.05) is 0 Å². The molecule has 0 spiro atoms. The van der Waals surface area contributed by atoms with E-state index in [2.05, 4.69) is 140 Å². The molecule has 2 nitrogen and oxygen atoms in total. The molecule has 208 valence electrons. The standard InChI is InChI=1S/C43H25NO/c44-26-27-7-3-9-28(21-27)29-10-4-11-30(22-29)31-17-18-33-24-35(20-19-32(33)23-31)37-13-5-16-40-39-15-6-14-38-36-12-2-1-8-34(36)25-41(42(38)39)45-43(37)40/h1-25H. The molecule has 0 saturated heterocycles. The van der Waals surface area contributed by atoms with Crippen molar-refractivity contribution in [3.63, 3.8) is 0 Å². The van der Waals surface area contributed by atoms with Crippen molar-refractivity contribution in [2.45, 2.75) is 0 Å². The lowest BCUT2D eigenvalue weighted by Crippen LogP contribution is -1.99. The van der Waals surface area contributed by atoms with E-state index in [4.69, 9.17) is 4.74 Å². The maximum atomic E-state index is 9.34. The van der Waals surface area contributed by atoms with E-state index in [1.54, 1.807) is 0 Å². The van der Waals surface area contributed by atoms with Gasteiger partial charge in [0.2, 0.25) is 0 Å². The number of ether oxygens (including phenoxy) is 1. The van der Waals surface area contributed by atoms with Crippen molar-refractivity contribution in [1.29, 1.82) is 5.26 Å². The van der Waals surface area contributed by atoms with E-state index in [1.807, 2.05) is 18.2 Å². The molecule has 0 fully saturated rings. The monoisotopic (exact) mass is 571 g/mol. The third-order valence-electron chi connectivity index (χ3n) is 9.04. The van der Waals surface area contributed by atoms with Gasteiger partial charge in [-0.15, -0.1) is 0 Å². The summed E-state index contributed by atoms with van der Waals surface area (Å²) in [6.45, 7) is 0. The van der Waals surface area contributed by atoms with E-state index in [0.717, 1.165) is 50.4 Å². The highest BCUT2D eigenvalue weighted by Crippen LogP contribution is 2.51. The smallest absolute Gasteiger partial charge is 0.143 e. The Labute approximate surface area is 261 Å². The molecule has 0 atom stereocenters. The van der Waals surface area contributed by atoms with E-state index in [0.29, 0.717) is 5.56 Å². The molecule has 1 aliphatic heterocycles. The van der Waals surface area contributed by atoms with E-state index < -0.39 is 0 Å². The predicted octanol–water partition coefficient (Wildman–Crippen LogP) is 11.8. The molecular formula is C43H25NO. The molecule has 8 aromatic rings. The number of fused-ring (bicyclic) bond motifs is 5. The fourth-order valence-corrected chi connectivity index (χ4v) is 6.86. The lowest BCUT2D eigenvalue weighted by Gasteiger charge is -2.24. The molecule has 45 heavy (non-hydrogen) atoms. The van der Waals surface area contributed by atoms with E-state index in [-0.39, 0.29) is 0 Å². The highest BCUT2D eigenvalue weighted by atomic mass is 16.5. The van der Waals surface area contributed by atoms with Crippen LogP contribution in [0.3, 0.4) is 0 Å². The number of rotatable bonds is 3. The van der Waals surface area contributed by atoms with E-state index in [9.17, 15) is 5.26 Å². The largest absolute Gasteiger partial charge is 0.455 e. The van der Waals surface area contributed by atoms with Crippen LogP contribution in [-0.2, 0) is 0 Å². The van der Waals surface area contributed by atoms with Crippen LogP contribution in [0.4, 0.5) is 0 Å². The van der Waals surface area contributed by atoms with E-state index >= 15 is 0 Å². The summed E-state index contributed by atoms with van der Waals surface area (Å²) in [6, 6.07) is 55.6. The van der Waals surface area contributed by atoms with Gasteiger partial charge in [-0.2, -0.15) is 5.26 Å². The molecule has 1 heterocycles. The zero-order chi connectivity index (χ0) is 29.9. The van der Waals surface area contributed by atoms with Crippen LogP contribution in [0.5, 0.6) is 11.5 Å². The van der Waals surface area contributed by atoms with Crippen molar-refractivity contribution < 1.29 is 4.74 Å². The first-order valence-corrected chi connectivity index (χ1v) is 15.1. The molecule has 0 radical (unpaired) electrons. The minimum atomic E-state index is 0.666. The van der Waals surface area contributed by atoms with Gasteiger partial charge in [-0.05, 0) is 96.7 Å². The van der Waals surface area contributed by atoms with Crippen LogP contribution >= 0.6 is 0 Å². The second-order valence-corrected chi connectivity index (χ2v) is 11.7. The zero-order valence-corrected chi connectivity index (χ0v) is 24.3. The van der Waals surface area contributed by atoms with Crippen LogP contribution in [0.2, 0.25) is 0 Å². The quantitative estimate of drug-likeness (QED) is 0.198. The van der Waals surface area contributed by atoms with Crippen molar-refractivity contribution in [3.05, 3.63) is 157 Å². The second kappa shape index (κ2) is 9.95. The molecule has 9 rings (SSSR count). The van der Waals surface area contributed by atoms with Crippen LogP contribution in [0.25, 0.3) is 76.8 Å². The molecule has 0 N–H and O–H groups in total. The number of hydrogen-bond acceptors (Lipinski definition) is 2. The fourth-order valence-electron chi connectivity index (χ4n) is 6.86. The summed E-state index contributed by atoms with van der Waals surface area (Å²) in [4.78, 5) is 0. The van der Waals surface area contributed by atoms with Gasteiger partial charge in [0.15, 0.2) is 0 Å². The Kier molecular flexibility index (Phi) is 5.60. The molecule has 2 heteroatoms. The van der Waals surface area contributed by atoms with Crippen molar-refractivity contribution in [2.24, 2.45) is 0 Å². The van der Waals surface area contributed by atoms with Crippen molar-refractivity contribution >= 4 is 32.3 Å². The highest BCUT2D eigenvalue weighted by Gasteiger charge is 2.24. The predicted molar refractivity (Wildman–Crippen MR) is 185 cm³/mol. The van der Waals surface area contributed by atoms with Gasteiger partial charge in [0, 0.05) is 16.5 Å². The summed E-state index contributed by atoms with van der Waals surface area (Å²) < 4.78 is 6.78. The molecule has 0 unspecified atom stereocenters. The average Bonchev–Trinajstić information content (AvgIpc) is 3.11. The first kappa shape index (κ1) is 25.3. The summed E-state index contributed by atoms with van der Waals surface area (Å²) in [5, 5.41) is 16.5. The molecule has 0 aromatic heterocycles. The third-order valence-corrected chi connectivity index (χ3v) is 9.04. The number of para-hydroxylation sites is 1. The summed E-state index contributed by atoms with van der Waals surface area (Å²) in [6.07, 6.45) is 0. The Balaban J connectivity index is 1.12. The zero-order valence-electron chi connectivity index (χ0n) is 24.3. The van der Waals surface area contributed by atoms with Gasteiger partial charge in [-0.1, -0.05) is 115 Å². The first-order valence-electron chi connectivity index (χ1n) is 15.1. The fraction of sp³-hybridized carbons (Fsp3) is 0. The third kappa shape index (κ3) is 4.10. The Bertz CT molecular complexity index is 2530. The maximum absolute atomic E-state index is 9.34. The lowest BCUT2D eigenvalue weighted by atomic mass is 9.89. The molecule has 0 saturated carbocycles. The SMILES string of the molecule is N#Cc1cccc(-c2cccc(-c3ccc4cc(-c5cccc6c5Oc5cc7ccccc7c7cccc-6c57)ccc4c3)c2)c1. The average molecular weight is 572 g/mol. The Hall–Kier alpha value is -6.17. The van der Waals surface area contributed by atoms with Crippen molar-refractivity contribution in [1.82, 2.24) is 0 Å². The van der Waals surface area contributed by atoms with Crippen LogP contribution in [-0.4, -0.2) is 0 Å². The van der Waals surface area contributed by atoms with Gasteiger partial charge in [0.05, 0.1) is 11.6 Å². The Morgan fingerprint density at radius 2 is 1.04 bits per heavy atom. The normalized spacial score (nSPS) is 11.7. The molecule has 8 aromatic carbocycles. The lowest BCUT2D eigenvalue weighted by molar-refractivity contribution is 0.489. The van der Waals surface area contributed by atoms with Gasteiger partial charge in [0.1, 0.15) is 11.5 Å². The number of hydrogen-bond donors (Lipinski definition) is 0. The summed E-state index contributed by atoms with van der Waals surface area (Å²) in [5.74, 6) is 1.81. The molecule has 0 aliphatic carbocycles. The van der Waals surface area contributed by atoms with Crippen molar-refractivity contribution in [3.8, 4) is 62.1 Å². The van der Waals surface area contributed by atoms with Gasteiger partial charge >= 0.3 is 0 Å². The summed E-state index contributed by atoms with van der Waals surface area (Å²) in [5.41, 5.74) is 9.65. The van der Waals surface area contributed by atoms with Gasteiger partial charge in [-0.3, -0.25) is 0 Å². The van der Waals surface area contributed by atoms with Gasteiger partial charge in [0.25, 0.3) is 0 Å².